The van der Waals surface area contributed by atoms with E-state index in [-0.39, 0.29) is 66.4 Å². The molecule has 0 bridgehead atoms. The van der Waals surface area contributed by atoms with Crippen LogP contribution >= 0.6 is 11.3 Å². The van der Waals surface area contributed by atoms with E-state index in [1.54, 1.807) is 0 Å². The average Bonchev–Trinajstić information content (AvgIpc) is 3.67. The van der Waals surface area contributed by atoms with Crippen molar-refractivity contribution in [1.82, 2.24) is 9.88 Å². The quantitative estimate of drug-likeness (QED) is 0.364. The number of hydrogen-bond donors (Lipinski definition) is 0. The molecular weight excluding hydrogens is 548 g/mol. The van der Waals surface area contributed by atoms with Crippen LogP contribution in [0.5, 0.6) is 0 Å². The zero-order chi connectivity index (χ0) is 29.7. The summed E-state index contributed by atoms with van der Waals surface area (Å²) in [6.45, 7) is 8.35. The van der Waals surface area contributed by atoms with Gasteiger partial charge in [-0.1, -0.05) is 26.3 Å². The van der Waals surface area contributed by atoms with Crippen LogP contribution in [0.1, 0.15) is 112 Å². The van der Waals surface area contributed by atoms with Crippen LogP contribution in [0.3, 0.4) is 0 Å². The summed E-state index contributed by atoms with van der Waals surface area (Å²) in [5, 5.41) is 1.09. The third kappa shape index (κ3) is 5.66. The summed E-state index contributed by atoms with van der Waals surface area (Å²) in [5.41, 5.74) is 1.98. The lowest BCUT2D eigenvalue weighted by Gasteiger charge is -2.40. The van der Waals surface area contributed by atoms with Gasteiger partial charge in [-0.2, -0.15) is 0 Å². The lowest BCUT2D eigenvalue weighted by atomic mass is 9.67. The van der Waals surface area contributed by atoms with Gasteiger partial charge in [-0.15, -0.1) is 11.3 Å². The van der Waals surface area contributed by atoms with E-state index in [1.165, 1.54) is 24.1 Å². The molecule has 2 aliphatic heterocycles. The molecule has 5 aliphatic rings. The number of carbonyl (C=O) groups is 2. The Morgan fingerprint density at radius 3 is 2.57 bits per heavy atom. The standard InChI is InChI=1S/C34H50N2O5S/c1-7-21-10-8-13-28(41-30-15-14-27(36(5)6)19(3)39-30)18(2)33(38)26-16-24-22-11-9-12-23(22)34-32(35-20(4)42-34)31(24)25(26)17-29(37)40-21/h16,18-19,21-25,27-28,30-31H,7-15,17H2,1-6H3/t18-,19?,21+,22-,23-,24+,25-,27+,28+,30+,31-/m1/s1. The van der Waals surface area contributed by atoms with E-state index in [9.17, 15) is 9.59 Å². The molecule has 0 amide bonds. The van der Waals surface area contributed by atoms with Crippen molar-refractivity contribution in [2.24, 2.45) is 23.7 Å². The molecule has 2 saturated heterocycles. The molecule has 0 N–H and O–H groups in total. The van der Waals surface area contributed by atoms with Crippen molar-refractivity contribution in [2.45, 2.75) is 134 Å². The normalized spacial score (nSPS) is 40.7. The third-order valence-electron chi connectivity index (χ3n) is 11.1. The van der Waals surface area contributed by atoms with Gasteiger partial charge in [0.25, 0.3) is 0 Å². The summed E-state index contributed by atoms with van der Waals surface area (Å²) in [4.78, 5) is 36.7. The minimum Gasteiger partial charge on any atom is -0.462 e. The highest BCUT2D eigenvalue weighted by Gasteiger charge is 2.54. The van der Waals surface area contributed by atoms with E-state index in [1.807, 2.05) is 18.3 Å². The Hall–Kier alpha value is -1.61. The molecule has 1 saturated carbocycles. The van der Waals surface area contributed by atoms with Gasteiger partial charge in [0, 0.05) is 28.7 Å². The van der Waals surface area contributed by atoms with Gasteiger partial charge in [-0.3, -0.25) is 9.59 Å². The molecule has 0 radical (unpaired) electrons. The van der Waals surface area contributed by atoms with Gasteiger partial charge in [0.05, 0.1) is 29.3 Å². The van der Waals surface area contributed by atoms with Crippen LogP contribution in [0.15, 0.2) is 11.6 Å². The number of aryl methyl sites for hydroxylation is 1. The number of ketones is 1. The van der Waals surface area contributed by atoms with Crippen molar-refractivity contribution in [3.63, 3.8) is 0 Å². The number of fused-ring (bicyclic) bond motifs is 8. The average molecular weight is 599 g/mol. The number of ether oxygens (including phenoxy) is 3. The van der Waals surface area contributed by atoms with Crippen LogP contribution in [-0.2, 0) is 23.8 Å². The van der Waals surface area contributed by atoms with Crippen molar-refractivity contribution in [3.05, 3.63) is 27.2 Å². The largest absolute Gasteiger partial charge is 0.462 e. The molecule has 232 valence electrons. The first-order valence-electron chi connectivity index (χ1n) is 16.6. The number of carbonyl (C=O) groups excluding carboxylic acids is 2. The molecule has 42 heavy (non-hydrogen) atoms. The fraction of sp³-hybridized carbons (Fsp3) is 0.794. The number of esters is 1. The summed E-state index contributed by atoms with van der Waals surface area (Å²) >= 11 is 1.83. The summed E-state index contributed by atoms with van der Waals surface area (Å²) in [6, 6.07) is 0.367. The summed E-state index contributed by atoms with van der Waals surface area (Å²) in [5.74, 6) is 0.853. The van der Waals surface area contributed by atoms with Crippen LogP contribution in [0.2, 0.25) is 0 Å². The summed E-state index contributed by atoms with van der Waals surface area (Å²) < 4.78 is 19.1. The molecule has 0 aromatic carbocycles. The molecule has 7 nitrogen and oxygen atoms in total. The molecule has 3 heterocycles. The molecular formula is C34H50N2O5S. The molecule has 3 aliphatic carbocycles. The molecule has 1 aromatic rings. The van der Waals surface area contributed by atoms with Crippen LogP contribution < -0.4 is 0 Å². The van der Waals surface area contributed by atoms with Gasteiger partial charge in [0.2, 0.25) is 0 Å². The number of allylic oxidation sites excluding steroid dienone is 2. The predicted octanol–water partition coefficient (Wildman–Crippen LogP) is 6.55. The van der Waals surface area contributed by atoms with E-state index in [4.69, 9.17) is 19.2 Å². The number of likely N-dealkylation sites (N-methyl/N-ethyl adjacent to an activating group) is 1. The van der Waals surface area contributed by atoms with Crippen molar-refractivity contribution < 1.29 is 23.8 Å². The van der Waals surface area contributed by atoms with Gasteiger partial charge in [0.1, 0.15) is 6.10 Å². The second-order valence-electron chi connectivity index (χ2n) is 13.9. The lowest BCUT2D eigenvalue weighted by Crippen LogP contribution is -2.47. The van der Waals surface area contributed by atoms with E-state index in [0.717, 1.165) is 54.8 Å². The zero-order valence-electron chi connectivity index (χ0n) is 26.3. The van der Waals surface area contributed by atoms with E-state index in [2.05, 4.69) is 45.8 Å². The highest BCUT2D eigenvalue weighted by molar-refractivity contribution is 7.11. The number of cyclic esters (lactones) is 1. The molecule has 8 heteroatoms. The fourth-order valence-corrected chi connectivity index (χ4v) is 10.2. The summed E-state index contributed by atoms with van der Waals surface area (Å²) in [7, 11) is 4.20. The molecule has 6 rings (SSSR count). The zero-order valence-corrected chi connectivity index (χ0v) is 27.2. The number of thiazole rings is 1. The van der Waals surface area contributed by atoms with Crippen molar-refractivity contribution >= 4 is 23.1 Å². The fourth-order valence-electron chi connectivity index (χ4n) is 8.99. The van der Waals surface area contributed by atoms with Crippen molar-refractivity contribution in [2.75, 3.05) is 14.1 Å². The number of nitrogens with zero attached hydrogens (tertiary/aromatic N) is 2. The van der Waals surface area contributed by atoms with Gasteiger partial charge in [0.15, 0.2) is 12.1 Å². The Kier molecular flexibility index (Phi) is 8.99. The number of hydrogen-bond acceptors (Lipinski definition) is 8. The molecule has 3 fully saturated rings. The minimum absolute atomic E-state index is 0.0695. The maximum atomic E-state index is 14.5. The number of aromatic nitrogens is 1. The number of Topliss-reactive ketones (excluding diaryl/α,β-unsaturated/α-hetero) is 1. The molecule has 1 aromatic heterocycles. The highest BCUT2D eigenvalue weighted by Crippen LogP contribution is 2.61. The topological polar surface area (TPSA) is 78.0 Å². The predicted molar refractivity (Wildman–Crippen MR) is 163 cm³/mol. The van der Waals surface area contributed by atoms with E-state index >= 15 is 0 Å². The Labute approximate surface area is 255 Å². The van der Waals surface area contributed by atoms with E-state index in [0.29, 0.717) is 17.9 Å². The van der Waals surface area contributed by atoms with Gasteiger partial charge < -0.3 is 19.1 Å². The van der Waals surface area contributed by atoms with Crippen LogP contribution in [-0.4, -0.2) is 66.4 Å². The first-order chi connectivity index (χ1) is 20.2. The van der Waals surface area contributed by atoms with Crippen molar-refractivity contribution in [3.8, 4) is 0 Å². The molecule has 0 spiro atoms. The monoisotopic (exact) mass is 598 g/mol. The first kappa shape index (κ1) is 30.4. The van der Waals surface area contributed by atoms with Crippen LogP contribution in [0.4, 0.5) is 0 Å². The smallest absolute Gasteiger partial charge is 0.306 e. The first-order valence-corrected chi connectivity index (χ1v) is 17.4. The molecule has 11 atom stereocenters. The maximum absolute atomic E-state index is 14.5. The third-order valence-corrected chi connectivity index (χ3v) is 12.2. The Morgan fingerprint density at radius 1 is 1.05 bits per heavy atom. The Bertz CT molecular complexity index is 1190. The Balaban J connectivity index is 1.31. The Morgan fingerprint density at radius 2 is 1.83 bits per heavy atom. The number of rotatable bonds is 4. The maximum Gasteiger partial charge on any atom is 0.306 e. The van der Waals surface area contributed by atoms with Gasteiger partial charge in [-0.25, -0.2) is 4.98 Å². The second kappa shape index (κ2) is 12.4. The van der Waals surface area contributed by atoms with Crippen LogP contribution in [0.25, 0.3) is 0 Å². The van der Waals surface area contributed by atoms with E-state index < -0.39 is 0 Å². The second-order valence-corrected chi connectivity index (χ2v) is 15.1. The highest BCUT2D eigenvalue weighted by atomic mass is 32.1. The minimum atomic E-state index is -0.309. The van der Waals surface area contributed by atoms with Crippen molar-refractivity contribution in [1.29, 1.82) is 0 Å². The van der Waals surface area contributed by atoms with Crippen LogP contribution in [0, 0.1) is 30.6 Å². The van der Waals surface area contributed by atoms with Gasteiger partial charge in [-0.05, 0) is 103 Å². The summed E-state index contributed by atoms with van der Waals surface area (Å²) in [6.07, 6.45) is 10.5. The SMILES string of the molecule is CC[C@H]1CCC[C@H](O[C@H]2CC[C@H](N(C)C)C(C)O2)[C@@H](C)C(=O)C2=C[C@H]3[C@@H]4CCC[C@H]4c4sc(C)nc4[C@H]3[C@@H]2CC(=O)O1. The van der Waals surface area contributed by atoms with Gasteiger partial charge >= 0.3 is 5.97 Å². The molecule has 1 unspecified atom stereocenters. The lowest BCUT2D eigenvalue weighted by molar-refractivity contribution is -0.231.